The fourth-order valence-electron chi connectivity index (χ4n) is 2.80. The van der Waals surface area contributed by atoms with Crippen LogP contribution in [0.4, 0.5) is 0 Å². The van der Waals surface area contributed by atoms with Gasteiger partial charge in [0.05, 0.1) is 11.5 Å². The Bertz CT molecular complexity index is 424. The van der Waals surface area contributed by atoms with Crippen molar-refractivity contribution in [2.75, 3.05) is 33.7 Å². The molecule has 2 unspecified atom stereocenters. The zero-order valence-electron chi connectivity index (χ0n) is 12.6. The third kappa shape index (κ3) is 3.22. The summed E-state index contributed by atoms with van der Waals surface area (Å²) in [5, 5.41) is 8.57. The quantitative estimate of drug-likeness (QED) is 0.842. The first-order valence-corrected chi connectivity index (χ1v) is 8.16. The predicted molar refractivity (Wildman–Crippen MR) is 84.0 cm³/mol. The van der Waals surface area contributed by atoms with Crippen molar-refractivity contribution in [3.05, 3.63) is 22.4 Å². The van der Waals surface area contributed by atoms with Crippen LogP contribution in [0.3, 0.4) is 0 Å². The summed E-state index contributed by atoms with van der Waals surface area (Å²) in [6.45, 7) is 4.54. The summed E-state index contributed by atoms with van der Waals surface area (Å²) in [6, 6.07) is 4.45. The van der Waals surface area contributed by atoms with Gasteiger partial charge in [0, 0.05) is 18.0 Å². The van der Waals surface area contributed by atoms with Crippen LogP contribution in [-0.4, -0.2) is 44.5 Å². The van der Waals surface area contributed by atoms with E-state index in [2.05, 4.69) is 54.1 Å². The Labute approximate surface area is 125 Å². The lowest BCUT2D eigenvalue weighted by Crippen LogP contribution is -2.44. The molecule has 0 radical (unpaired) electrons. The Hall–Kier alpha value is -0.910. The lowest BCUT2D eigenvalue weighted by molar-refractivity contribution is -0.130. The van der Waals surface area contributed by atoms with E-state index in [1.54, 1.807) is 11.3 Å². The molecule has 2 atom stereocenters. The van der Waals surface area contributed by atoms with Crippen LogP contribution in [-0.2, 0) is 4.79 Å². The molecule has 1 aromatic rings. The molecule has 1 saturated heterocycles. The lowest BCUT2D eigenvalue weighted by atomic mass is 9.83. The number of nitrogens with one attached hydrogen (secondary N) is 2. The predicted octanol–water partition coefficient (Wildman–Crippen LogP) is 1.86. The van der Waals surface area contributed by atoms with Crippen LogP contribution < -0.4 is 10.6 Å². The second kappa shape index (κ2) is 6.70. The molecule has 1 amide bonds. The second-order valence-electron chi connectivity index (χ2n) is 5.77. The molecule has 1 aromatic heterocycles. The van der Waals surface area contributed by atoms with Crippen LogP contribution in [0.15, 0.2) is 17.5 Å². The van der Waals surface area contributed by atoms with Gasteiger partial charge in [-0.1, -0.05) is 13.0 Å². The van der Waals surface area contributed by atoms with Gasteiger partial charge >= 0.3 is 0 Å². The van der Waals surface area contributed by atoms with Gasteiger partial charge in [-0.25, -0.2) is 0 Å². The zero-order valence-corrected chi connectivity index (χ0v) is 13.4. The third-order valence-electron chi connectivity index (χ3n) is 4.35. The average Bonchev–Trinajstić information content (AvgIpc) is 3.10. The maximum absolute atomic E-state index is 12.5. The highest BCUT2D eigenvalue weighted by Crippen LogP contribution is 2.30. The highest BCUT2D eigenvalue weighted by molar-refractivity contribution is 7.10. The fraction of sp³-hybridized carbons (Fsp3) is 0.667. The molecule has 1 aliphatic rings. The fourth-order valence-corrected chi connectivity index (χ4v) is 3.72. The Kier molecular flexibility index (Phi) is 5.18. The second-order valence-corrected chi connectivity index (χ2v) is 6.74. The van der Waals surface area contributed by atoms with Gasteiger partial charge in [-0.05, 0) is 44.9 Å². The highest BCUT2D eigenvalue weighted by atomic mass is 32.1. The summed E-state index contributed by atoms with van der Waals surface area (Å²) in [5.41, 5.74) is -0.202. The molecule has 0 aromatic carbocycles. The molecule has 5 heteroatoms. The van der Waals surface area contributed by atoms with Crippen LogP contribution in [0.25, 0.3) is 0 Å². The molecule has 2 N–H and O–H groups in total. The molecule has 0 saturated carbocycles. The zero-order chi connectivity index (χ0) is 14.6. The minimum atomic E-state index is -0.202. The van der Waals surface area contributed by atoms with E-state index in [9.17, 15) is 4.79 Å². The van der Waals surface area contributed by atoms with E-state index in [0.717, 1.165) is 25.9 Å². The number of amides is 1. The lowest BCUT2D eigenvalue weighted by Gasteiger charge is -2.28. The molecule has 20 heavy (non-hydrogen) atoms. The topological polar surface area (TPSA) is 44.4 Å². The molecule has 0 spiro atoms. The Morgan fingerprint density at radius 1 is 1.60 bits per heavy atom. The van der Waals surface area contributed by atoms with Crippen LogP contribution in [0.1, 0.15) is 30.7 Å². The van der Waals surface area contributed by atoms with E-state index in [1.165, 1.54) is 4.88 Å². The van der Waals surface area contributed by atoms with Gasteiger partial charge in [0.2, 0.25) is 5.91 Å². The van der Waals surface area contributed by atoms with Gasteiger partial charge < -0.3 is 15.5 Å². The van der Waals surface area contributed by atoms with Crippen LogP contribution in [0, 0.1) is 5.41 Å². The standard InChI is InChI=1S/C15H25N3OS/c1-4-15(7-8-16-11-15)14(19)17-10-12(18(2)3)13-6-5-9-20-13/h5-6,9,12,16H,4,7-8,10-11H2,1-3H3,(H,17,19). The van der Waals surface area contributed by atoms with Crippen molar-refractivity contribution in [1.29, 1.82) is 0 Å². The Morgan fingerprint density at radius 2 is 2.40 bits per heavy atom. The van der Waals surface area contributed by atoms with Crippen molar-refractivity contribution >= 4 is 17.2 Å². The molecular formula is C15H25N3OS. The maximum atomic E-state index is 12.5. The molecule has 0 bridgehead atoms. The SMILES string of the molecule is CCC1(C(=O)NCC(c2cccs2)N(C)C)CCNC1. The van der Waals surface area contributed by atoms with Gasteiger partial charge in [-0.2, -0.15) is 0 Å². The van der Waals surface area contributed by atoms with Gasteiger partial charge in [0.1, 0.15) is 0 Å². The summed E-state index contributed by atoms with van der Waals surface area (Å²) >= 11 is 1.74. The number of thiophene rings is 1. The van der Waals surface area contributed by atoms with E-state index in [0.29, 0.717) is 6.54 Å². The third-order valence-corrected chi connectivity index (χ3v) is 5.33. The van der Waals surface area contributed by atoms with Crippen molar-refractivity contribution in [3.63, 3.8) is 0 Å². The van der Waals surface area contributed by atoms with Crippen molar-refractivity contribution < 1.29 is 4.79 Å². The highest BCUT2D eigenvalue weighted by Gasteiger charge is 2.39. The van der Waals surface area contributed by atoms with Crippen molar-refractivity contribution in [1.82, 2.24) is 15.5 Å². The summed E-state index contributed by atoms with van der Waals surface area (Å²) < 4.78 is 0. The number of hydrogen-bond donors (Lipinski definition) is 2. The number of nitrogens with zero attached hydrogens (tertiary/aromatic N) is 1. The molecule has 1 aliphatic heterocycles. The maximum Gasteiger partial charge on any atom is 0.227 e. The molecular weight excluding hydrogens is 270 g/mol. The van der Waals surface area contributed by atoms with E-state index in [-0.39, 0.29) is 17.4 Å². The van der Waals surface area contributed by atoms with Crippen molar-refractivity contribution in [2.24, 2.45) is 5.41 Å². The van der Waals surface area contributed by atoms with Crippen molar-refractivity contribution in [3.8, 4) is 0 Å². The first-order valence-electron chi connectivity index (χ1n) is 7.28. The number of likely N-dealkylation sites (N-methyl/N-ethyl adjacent to an activating group) is 1. The van der Waals surface area contributed by atoms with Crippen LogP contribution in [0.2, 0.25) is 0 Å². The molecule has 2 rings (SSSR count). The first kappa shape index (κ1) is 15.5. The molecule has 4 nitrogen and oxygen atoms in total. The minimum Gasteiger partial charge on any atom is -0.354 e. The molecule has 1 fully saturated rings. The number of hydrogen-bond acceptors (Lipinski definition) is 4. The smallest absolute Gasteiger partial charge is 0.227 e. The summed E-state index contributed by atoms with van der Waals surface area (Å²) in [4.78, 5) is 16.0. The summed E-state index contributed by atoms with van der Waals surface area (Å²) in [6.07, 6.45) is 1.85. The monoisotopic (exact) mass is 295 g/mol. The minimum absolute atomic E-state index is 0.202. The summed E-state index contributed by atoms with van der Waals surface area (Å²) in [5.74, 6) is 0.202. The molecule has 2 heterocycles. The van der Waals surface area contributed by atoms with Gasteiger partial charge in [-0.3, -0.25) is 4.79 Å². The normalized spacial score (nSPS) is 24.0. The Balaban J connectivity index is 1.97. The van der Waals surface area contributed by atoms with Gasteiger partial charge in [-0.15, -0.1) is 11.3 Å². The Morgan fingerprint density at radius 3 is 2.90 bits per heavy atom. The average molecular weight is 295 g/mol. The number of carbonyl (C=O) groups excluding carboxylic acids is 1. The van der Waals surface area contributed by atoms with Gasteiger partial charge in [0.25, 0.3) is 0 Å². The van der Waals surface area contributed by atoms with Gasteiger partial charge in [0.15, 0.2) is 0 Å². The van der Waals surface area contributed by atoms with E-state index in [1.807, 2.05) is 0 Å². The molecule has 112 valence electrons. The first-order chi connectivity index (χ1) is 9.59. The number of rotatable bonds is 6. The van der Waals surface area contributed by atoms with E-state index < -0.39 is 0 Å². The largest absolute Gasteiger partial charge is 0.354 e. The van der Waals surface area contributed by atoms with Crippen molar-refractivity contribution in [2.45, 2.75) is 25.8 Å². The van der Waals surface area contributed by atoms with E-state index in [4.69, 9.17) is 0 Å². The number of carbonyl (C=O) groups is 1. The van der Waals surface area contributed by atoms with Crippen LogP contribution in [0.5, 0.6) is 0 Å². The summed E-state index contributed by atoms with van der Waals surface area (Å²) in [7, 11) is 4.12. The van der Waals surface area contributed by atoms with E-state index >= 15 is 0 Å². The molecule has 0 aliphatic carbocycles. The van der Waals surface area contributed by atoms with Crippen LogP contribution >= 0.6 is 11.3 Å².